The van der Waals surface area contributed by atoms with E-state index in [1.165, 1.54) is 0 Å². The fraction of sp³-hybridized carbons (Fsp3) is 0.310. The number of anilines is 1. The molecule has 2 fully saturated rings. The summed E-state index contributed by atoms with van der Waals surface area (Å²) >= 11 is 0. The molecule has 3 amide bonds. The Morgan fingerprint density at radius 2 is 1.49 bits per heavy atom. The van der Waals surface area contributed by atoms with E-state index in [4.69, 9.17) is 0 Å². The second kappa shape index (κ2) is 9.35. The molecule has 1 aromatic heterocycles. The van der Waals surface area contributed by atoms with Gasteiger partial charge in [0.05, 0.1) is 23.2 Å². The highest BCUT2D eigenvalue weighted by atomic mass is 16.2. The van der Waals surface area contributed by atoms with Crippen molar-refractivity contribution in [3.63, 3.8) is 0 Å². The molecule has 0 saturated carbocycles. The lowest BCUT2D eigenvalue weighted by Gasteiger charge is -2.39. The Morgan fingerprint density at radius 1 is 0.838 bits per heavy atom. The number of amides is 3. The molecule has 0 atom stereocenters. The van der Waals surface area contributed by atoms with Crippen LogP contribution in [0.5, 0.6) is 0 Å². The SMILES string of the molecule is O=C(Cc1n[nH]c(=O)c2ccccc12)N1CCC2(CCN(C(=O)Nc3cccc4ccccc34)CC2)C1. The lowest BCUT2D eigenvalue weighted by molar-refractivity contribution is -0.130. The van der Waals surface area contributed by atoms with Gasteiger partial charge >= 0.3 is 6.03 Å². The Balaban J connectivity index is 1.08. The van der Waals surface area contributed by atoms with Crippen LogP contribution in [0.1, 0.15) is 25.0 Å². The molecule has 188 valence electrons. The van der Waals surface area contributed by atoms with Crippen LogP contribution < -0.4 is 10.9 Å². The van der Waals surface area contributed by atoms with Gasteiger partial charge in [0.15, 0.2) is 0 Å². The average molecular weight is 496 g/mol. The minimum Gasteiger partial charge on any atom is -0.342 e. The van der Waals surface area contributed by atoms with Gasteiger partial charge in [0.1, 0.15) is 0 Å². The molecule has 0 aliphatic carbocycles. The topological polar surface area (TPSA) is 98.4 Å². The van der Waals surface area contributed by atoms with E-state index in [0.29, 0.717) is 37.3 Å². The number of aromatic nitrogens is 2. The van der Waals surface area contributed by atoms with Gasteiger partial charge in [-0.25, -0.2) is 9.89 Å². The van der Waals surface area contributed by atoms with Crippen molar-refractivity contribution in [1.29, 1.82) is 0 Å². The molecule has 8 nitrogen and oxygen atoms in total. The van der Waals surface area contributed by atoms with Crippen LogP contribution >= 0.6 is 0 Å². The Morgan fingerprint density at radius 3 is 2.27 bits per heavy atom. The molecular weight excluding hydrogens is 466 g/mol. The number of carbonyl (C=O) groups is 2. The van der Waals surface area contributed by atoms with Crippen molar-refractivity contribution in [3.05, 3.63) is 82.8 Å². The number of piperidine rings is 1. The summed E-state index contributed by atoms with van der Waals surface area (Å²) < 4.78 is 0. The Bertz CT molecular complexity index is 1550. The van der Waals surface area contributed by atoms with Crippen LogP contribution in [-0.4, -0.2) is 58.1 Å². The van der Waals surface area contributed by atoms with E-state index in [-0.39, 0.29) is 29.3 Å². The van der Waals surface area contributed by atoms with Crippen molar-refractivity contribution >= 4 is 39.2 Å². The summed E-state index contributed by atoms with van der Waals surface area (Å²) in [6, 6.07) is 21.1. The van der Waals surface area contributed by atoms with Crippen LogP contribution in [0.4, 0.5) is 10.5 Å². The molecule has 3 aromatic carbocycles. The van der Waals surface area contributed by atoms with Crippen molar-refractivity contribution in [1.82, 2.24) is 20.0 Å². The Labute approximate surface area is 214 Å². The maximum atomic E-state index is 13.2. The fourth-order valence-electron chi connectivity index (χ4n) is 5.83. The smallest absolute Gasteiger partial charge is 0.321 e. The number of aromatic amines is 1. The zero-order chi connectivity index (χ0) is 25.4. The number of nitrogens with zero attached hydrogens (tertiary/aromatic N) is 3. The van der Waals surface area contributed by atoms with Crippen LogP contribution in [0.15, 0.2) is 71.5 Å². The van der Waals surface area contributed by atoms with Gasteiger partial charge in [-0.2, -0.15) is 5.10 Å². The average Bonchev–Trinajstić information content (AvgIpc) is 3.34. The molecule has 2 aliphatic rings. The van der Waals surface area contributed by atoms with E-state index in [1.807, 2.05) is 70.5 Å². The summed E-state index contributed by atoms with van der Waals surface area (Å²) in [6.45, 7) is 2.75. The van der Waals surface area contributed by atoms with Crippen molar-refractivity contribution < 1.29 is 9.59 Å². The molecular formula is C29H29N5O3. The number of urea groups is 1. The molecule has 6 rings (SSSR count). The molecule has 2 aliphatic heterocycles. The van der Waals surface area contributed by atoms with Gasteiger partial charge in [0.25, 0.3) is 5.56 Å². The molecule has 1 spiro atoms. The zero-order valence-electron chi connectivity index (χ0n) is 20.6. The number of carbonyl (C=O) groups excluding carboxylic acids is 2. The summed E-state index contributed by atoms with van der Waals surface area (Å²) in [6.07, 6.45) is 2.85. The number of H-pyrrole nitrogens is 1. The molecule has 3 heterocycles. The summed E-state index contributed by atoms with van der Waals surface area (Å²) in [5.41, 5.74) is 1.22. The number of nitrogens with one attached hydrogen (secondary N) is 2. The lowest BCUT2D eigenvalue weighted by atomic mass is 9.78. The Kier molecular flexibility index (Phi) is 5.87. The van der Waals surface area contributed by atoms with E-state index in [0.717, 1.165) is 41.1 Å². The molecule has 2 saturated heterocycles. The van der Waals surface area contributed by atoms with E-state index in [1.54, 1.807) is 6.07 Å². The first kappa shape index (κ1) is 23.2. The lowest BCUT2D eigenvalue weighted by Crippen LogP contribution is -2.46. The van der Waals surface area contributed by atoms with Gasteiger partial charge in [-0.1, -0.05) is 54.6 Å². The van der Waals surface area contributed by atoms with Crippen molar-refractivity contribution in [2.75, 3.05) is 31.5 Å². The quantitative estimate of drug-likeness (QED) is 0.446. The van der Waals surface area contributed by atoms with Gasteiger partial charge in [0, 0.05) is 37.0 Å². The molecule has 4 aromatic rings. The minimum absolute atomic E-state index is 0.0257. The van der Waals surface area contributed by atoms with E-state index in [2.05, 4.69) is 15.5 Å². The maximum Gasteiger partial charge on any atom is 0.321 e. The van der Waals surface area contributed by atoms with Gasteiger partial charge < -0.3 is 15.1 Å². The van der Waals surface area contributed by atoms with Crippen LogP contribution in [0.3, 0.4) is 0 Å². The van der Waals surface area contributed by atoms with E-state index in [9.17, 15) is 14.4 Å². The first-order valence-electron chi connectivity index (χ1n) is 12.8. The number of benzene rings is 3. The van der Waals surface area contributed by atoms with Crippen LogP contribution in [0.25, 0.3) is 21.5 Å². The number of hydrogen-bond acceptors (Lipinski definition) is 4. The number of fused-ring (bicyclic) bond motifs is 2. The maximum absolute atomic E-state index is 13.2. The van der Waals surface area contributed by atoms with Crippen LogP contribution in [0, 0.1) is 5.41 Å². The summed E-state index contributed by atoms with van der Waals surface area (Å²) in [7, 11) is 0. The third-order valence-electron chi connectivity index (χ3n) is 8.03. The first-order chi connectivity index (χ1) is 18.0. The van der Waals surface area contributed by atoms with Crippen molar-refractivity contribution in [2.24, 2.45) is 5.41 Å². The van der Waals surface area contributed by atoms with Crippen LogP contribution in [-0.2, 0) is 11.2 Å². The molecule has 37 heavy (non-hydrogen) atoms. The summed E-state index contributed by atoms with van der Waals surface area (Å²) in [4.78, 5) is 42.1. The van der Waals surface area contributed by atoms with Crippen LogP contribution in [0.2, 0.25) is 0 Å². The van der Waals surface area contributed by atoms with Gasteiger partial charge in [0.2, 0.25) is 5.91 Å². The second-order valence-electron chi connectivity index (χ2n) is 10.2. The van der Waals surface area contributed by atoms with Crippen molar-refractivity contribution in [3.8, 4) is 0 Å². The number of likely N-dealkylation sites (tertiary alicyclic amines) is 2. The largest absolute Gasteiger partial charge is 0.342 e. The molecule has 2 N–H and O–H groups in total. The minimum atomic E-state index is -0.247. The van der Waals surface area contributed by atoms with Gasteiger partial charge in [-0.3, -0.25) is 9.59 Å². The van der Waals surface area contributed by atoms with Crippen molar-refractivity contribution in [2.45, 2.75) is 25.7 Å². The highest BCUT2D eigenvalue weighted by molar-refractivity contribution is 6.01. The second-order valence-corrected chi connectivity index (χ2v) is 10.2. The highest BCUT2D eigenvalue weighted by Gasteiger charge is 2.42. The summed E-state index contributed by atoms with van der Waals surface area (Å²) in [5.74, 6) is 0.0257. The number of hydrogen-bond donors (Lipinski definition) is 2. The third-order valence-corrected chi connectivity index (χ3v) is 8.03. The predicted molar refractivity (Wildman–Crippen MR) is 143 cm³/mol. The monoisotopic (exact) mass is 495 g/mol. The first-order valence-corrected chi connectivity index (χ1v) is 12.8. The molecule has 0 bridgehead atoms. The van der Waals surface area contributed by atoms with E-state index < -0.39 is 0 Å². The van der Waals surface area contributed by atoms with Gasteiger partial charge in [-0.15, -0.1) is 0 Å². The normalized spacial score (nSPS) is 17.0. The standard InChI is InChI=1S/C29H29N5O3/c35-26(18-25-22-9-3-4-10-23(22)27(36)32-31-25)34-17-14-29(19-34)12-15-33(16-13-29)28(37)30-24-11-5-7-20-6-1-2-8-21(20)24/h1-11H,12-19H2,(H,30,37)(H,32,36). The molecule has 8 heteroatoms. The zero-order valence-corrected chi connectivity index (χ0v) is 20.6. The molecule has 0 radical (unpaired) electrons. The fourth-order valence-corrected chi connectivity index (χ4v) is 5.83. The van der Waals surface area contributed by atoms with E-state index >= 15 is 0 Å². The highest BCUT2D eigenvalue weighted by Crippen LogP contribution is 2.40. The Hall–Kier alpha value is -4.20. The third kappa shape index (κ3) is 4.43. The number of rotatable bonds is 3. The van der Waals surface area contributed by atoms with Gasteiger partial charge in [-0.05, 0) is 42.2 Å². The molecule has 0 unspecified atom stereocenters. The predicted octanol–water partition coefficient (Wildman–Crippen LogP) is 4.17. The summed E-state index contributed by atoms with van der Waals surface area (Å²) in [5, 5.41) is 13.2.